The molecule has 2 heteroatoms. The first kappa shape index (κ1) is 10.2. The molecule has 0 bridgehead atoms. The van der Waals surface area contributed by atoms with Crippen LogP contribution in [0.5, 0.6) is 0 Å². The molecule has 56 valence electrons. The van der Waals surface area contributed by atoms with Crippen LogP contribution in [0.25, 0.3) is 0 Å². The van der Waals surface area contributed by atoms with E-state index in [2.05, 4.69) is 41.4 Å². The molecule has 0 saturated heterocycles. The smallest absolute Gasteiger partial charge is 0.266 e. The van der Waals surface area contributed by atoms with Crippen LogP contribution in [0, 0.1) is 47.4 Å². The SMILES string of the molecule is CC#CC#CC#CC#CC(=O)Cl. The van der Waals surface area contributed by atoms with Gasteiger partial charge in [0.25, 0.3) is 5.24 Å². The highest BCUT2D eigenvalue weighted by Gasteiger charge is 1.78. The van der Waals surface area contributed by atoms with Crippen LogP contribution >= 0.6 is 11.6 Å². The van der Waals surface area contributed by atoms with Crippen LogP contribution in [0.15, 0.2) is 0 Å². The predicted octanol–water partition coefficient (Wildman–Crippen LogP) is 0.785. The summed E-state index contributed by atoms with van der Waals surface area (Å²) in [5.74, 6) is 18.9. The van der Waals surface area contributed by atoms with Crippen LogP contribution in [0.1, 0.15) is 6.92 Å². The van der Waals surface area contributed by atoms with Gasteiger partial charge in [0.1, 0.15) is 0 Å². The van der Waals surface area contributed by atoms with Crippen molar-refractivity contribution in [2.24, 2.45) is 0 Å². The van der Waals surface area contributed by atoms with Crippen molar-refractivity contribution in [3.05, 3.63) is 0 Å². The van der Waals surface area contributed by atoms with Gasteiger partial charge in [0, 0.05) is 5.92 Å². The van der Waals surface area contributed by atoms with Gasteiger partial charge in [0.15, 0.2) is 0 Å². The monoisotopic (exact) mass is 174 g/mol. The minimum Gasteiger partial charge on any atom is -0.266 e. The highest BCUT2D eigenvalue weighted by Crippen LogP contribution is 1.71. The molecule has 0 atom stereocenters. The Kier molecular flexibility index (Phi) is 6.21. The van der Waals surface area contributed by atoms with Crippen molar-refractivity contribution in [2.75, 3.05) is 0 Å². The molecule has 0 radical (unpaired) electrons. The second kappa shape index (κ2) is 7.31. The lowest BCUT2D eigenvalue weighted by Crippen LogP contribution is -1.72. The van der Waals surface area contributed by atoms with Crippen molar-refractivity contribution in [3.63, 3.8) is 0 Å². The predicted molar refractivity (Wildman–Crippen MR) is 47.6 cm³/mol. The van der Waals surface area contributed by atoms with Crippen molar-refractivity contribution in [1.29, 1.82) is 0 Å². The molecule has 0 aromatic rings. The molecule has 0 N–H and O–H groups in total. The molecule has 0 aliphatic carbocycles. The average molecular weight is 175 g/mol. The van der Waals surface area contributed by atoms with Gasteiger partial charge >= 0.3 is 0 Å². The van der Waals surface area contributed by atoms with Gasteiger partial charge in [-0.15, -0.1) is 0 Å². The number of carbonyl (C=O) groups excluding carboxylic acids is 1. The summed E-state index contributed by atoms with van der Waals surface area (Å²) in [6, 6.07) is 0. The number of rotatable bonds is 0. The van der Waals surface area contributed by atoms with E-state index in [1.54, 1.807) is 6.92 Å². The summed E-state index contributed by atoms with van der Waals surface area (Å²) in [6.45, 7) is 1.67. The van der Waals surface area contributed by atoms with E-state index >= 15 is 0 Å². The highest BCUT2D eigenvalue weighted by molar-refractivity contribution is 6.68. The second-order valence-corrected chi connectivity index (χ2v) is 1.74. The third-order valence-corrected chi connectivity index (χ3v) is 0.693. The van der Waals surface area contributed by atoms with E-state index in [1.807, 2.05) is 5.92 Å². The molecule has 0 amide bonds. The summed E-state index contributed by atoms with van der Waals surface area (Å²) in [6.07, 6.45) is 0. The molecular formula is C10H3ClO. The zero-order valence-electron chi connectivity index (χ0n) is 6.29. The molecule has 0 heterocycles. The molecule has 1 nitrogen and oxygen atoms in total. The van der Waals surface area contributed by atoms with Gasteiger partial charge in [-0.05, 0) is 54.0 Å². The van der Waals surface area contributed by atoms with Crippen LogP contribution in [-0.4, -0.2) is 5.24 Å². The average Bonchev–Trinajstić information content (AvgIpc) is 2.02. The fraction of sp³-hybridized carbons (Fsp3) is 0.100. The Morgan fingerprint density at radius 3 is 2.00 bits per heavy atom. The summed E-state index contributed by atoms with van der Waals surface area (Å²) in [4.78, 5) is 10.0. The van der Waals surface area contributed by atoms with Crippen molar-refractivity contribution in [1.82, 2.24) is 0 Å². The fourth-order valence-electron chi connectivity index (χ4n) is 0.268. The van der Waals surface area contributed by atoms with E-state index in [1.165, 1.54) is 0 Å². The first-order chi connectivity index (χ1) is 5.77. The molecule has 0 rings (SSSR count). The lowest BCUT2D eigenvalue weighted by atomic mass is 10.5. The molecule has 0 aromatic heterocycles. The van der Waals surface area contributed by atoms with Crippen LogP contribution in [0.3, 0.4) is 0 Å². The molecule has 0 aliphatic rings. The van der Waals surface area contributed by atoms with Gasteiger partial charge in [-0.25, -0.2) is 0 Å². The van der Waals surface area contributed by atoms with Crippen LogP contribution < -0.4 is 0 Å². The Bertz CT molecular complexity index is 402. The molecule has 0 unspecified atom stereocenters. The van der Waals surface area contributed by atoms with E-state index in [9.17, 15) is 4.79 Å². The summed E-state index contributed by atoms with van der Waals surface area (Å²) in [7, 11) is 0. The number of hydrogen-bond donors (Lipinski definition) is 0. The van der Waals surface area contributed by atoms with Gasteiger partial charge in [0.2, 0.25) is 0 Å². The Hall–Kier alpha value is -1.80. The second-order valence-electron chi connectivity index (χ2n) is 1.40. The van der Waals surface area contributed by atoms with E-state index in [-0.39, 0.29) is 0 Å². The summed E-state index contributed by atoms with van der Waals surface area (Å²) < 4.78 is 0. The van der Waals surface area contributed by atoms with E-state index in [0.29, 0.717) is 0 Å². The first-order valence-corrected chi connectivity index (χ1v) is 3.27. The molecule has 0 fully saturated rings. The number of carbonyl (C=O) groups is 1. The lowest BCUT2D eigenvalue weighted by Gasteiger charge is -1.60. The fourth-order valence-corrected chi connectivity index (χ4v) is 0.315. The zero-order chi connectivity index (χ0) is 9.23. The van der Waals surface area contributed by atoms with Gasteiger partial charge in [-0.1, -0.05) is 5.92 Å². The summed E-state index contributed by atoms with van der Waals surface area (Å²) >= 11 is 4.90. The van der Waals surface area contributed by atoms with Crippen LogP contribution in [0.4, 0.5) is 0 Å². The van der Waals surface area contributed by atoms with Gasteiger partial charge in [-0.3, -0.25) is 4.79 Å². The largest absolute Gasteiger partial charge is 0.297 e. The molecule has 0 aromatic carbocycles. The van der Waals surface area contributed by atoms with E-state index in [0.717, 1.165) is 0 Å². The van der Waals surface area contributed by atoms with Crippen LogP contribution in [-0.2, 0) is 4.79 Å². The minimum atomic E-state index is -0.731. The summed E-state index contributed by atoms with van der Waals surface area (Å²) in [5, 5.41) is -0.731. The molecule has 0 spiro atoms. The van der Waals surface area contributed by atoms with E-state index < -0.39 is 5.24 Å². The molecular weight excluding hydrogens is 172 g/mol. The van der Waals surface area contributed by atoms with Crippen molar-refractivity contribution >= 4 is 16.8 Å². The maximum Gasteiger partial charge on any atom is 0.297 e. The third kappa shape index (κ3) is 8.20. The lowest BCUT2D eigenvalue weighted by molar-refractivity contribution is -0.106. The molecule has 0 saturated carbocycles. The summed E-state index contributed by atoms with van der Waals surface area (Å²) in [5.41, 5.74) is 0. The zero-order valence-corrected chi connectivity index (χ0v) is 7.04. The van der Waals surface area contributed by atoms with Crippen molar-refractivity contribution in [3.8, 4) is 47.4 Å². The topological polar surface area (TPSA) is 17.1 Å². The molecule has 12 heavy (non-hydrogen) atoms. The van der Waals surface area contributed by atoms with Crippen molar-refractivity contribution < 1.29 is 4.79 Å². The van der Waals surface area contributed by atoms with Gasteiger partial charge in [0.05, 0.1) is 0 Å². The maximum atomic E-state index is 10.0. The Labute approximate surface area is 76.5 Å². The first-order valence-electron chi connectivity index (χ1n) is 2.89. The normalized spacial score (nSPS) is 4.83. The van der Waals surface area contributed by atoms with Gasteiger partial charge in [-0.2, -0.15) is 0 Å². The Balaban J connectivity index is 4.10. The maximum absolute atomic E-state index is 10.0. The highest BCUT2D eigenvalue weighted by atomic mass is 35.5. The third-order valence-electron chi connectivity index (χ3n) is 0.598. The number of halogens is 1. The standard InChI is InChI=1S/C10H3ClO/c1-2-3-4-5-6-7-8-9-10(11)12/h1H3. The van der Waals surface area contributed by atoms with Crippen LogP contribution in [0.2, 0.25) is 0 Å². The number of hydrogen-bond acceptors (Lipinski definition) is 1. The van der Waals surface area contributed by atoms with Gasteiger partial charge < -0.3 is 0 Å². The quantitative estimate of drug-likeness (QED) is 0.392. The van der Waals surface area contributed by atoms with E-state index in [4.69, 9.17) is 11.6 Å². The minimum absolute atomic E-state index is 0.731. The Morgan fingerprint density at radius 2 is 1.50 bits per heavy atom. The Morgan fingerprint density at radius 1 is 1.00 bits per heavy atom. The van der Waals surface area contributed by atoms with Crippen molar-refractivity contribution in [2.45, 2.75) is 6.92 Å². The molecule has 0 aliphatic heterocycles.